The molecule has 1 heterocycles. The molecule has 0 bridgehead atoms. The highest BCUT2D eigenvalue weighted by Crippen LogP contribution is 2.08. The van der Waals surface area contributed by atoms with E-state index >= 15 is 0 Å². The van der Waals surface area contributed by atoms with Crippen molar-refractivity contribution in [3.05, 3.63) is 24.3 Å². The molecule has 1 aromatic carbocycles. The maximum absolute atomic E-state index is 9.08. The van der Waals surface area contributed by atoms with Crippen LogP contribution in [0.2, 0.25) is 0 Å². The first-order valence-corrected chi connectivity index (χ1v) is 4.43. The van der Waals surface area contributed by atoms with Crippen molar-refractivity contribution >= 4 is 36.2 Å². The van der Waals surface area contributed by atoms with E-state index in [0.717, 1.165) is 0 Å². The standard InChI is InChI=1S/C8H9B2NO4/c12-9(13)6-3-1-2-5-4-7(10(14)15)11-8(5)6/h1-4,11-15H. The molecule has 0 spiro atoms. The normalized spacial score (nSPS) is 10.7. The van der Waals surface area contributed by atoms with Gasteiger partial charge in [0.25, 0.3) is 0 Å². The Kier molecular flexibility index (Phi) is 2.54. The number of aromatic nitrogens is 1. The summed E-state index contributed by atoms with van der Waals surface area (Å²) in [5.41, 5.74) is 1.02. The Balaban J connectivity index is 2.64. The molecule has 7 heteroatoms. The molecular formula is C8H9B2NO4. The van der Waals surface area contributed by atoms with Crippen molar-refractivity contribution in [1.29, 1.82) is 0 Å². The van der Waals surface area contributed by atoms with E-state index in [9.17, 15) is 0 Å². The number of H-pyrrole nitrogens is 1. The molecule has 0 saturated heterocycles. The summed E-state index contributed by atoms with van der Waals surface area (Å²) in [5, 5.41) is 36.8. The van der Waals surface area contributed by atoms with Crippen molar-refractivity contribution < 1.29 is 20.1 Å². The van der Waals surface area contributed by atoms with Gasteiger partial charge in [0, 0.05) is 16.6 Å². The van der Waals surface area contributed by atoms with Crippen LogP contribution in [0.25, 0.3) is 10.9 Å². The van der Waals surface area contributed by atoms with E-state index in [1.807, 2.05) is 0 Å². The summed E-state index contributed by atoms with van der Waals surface area (Å²) >= 11 is 0. The second kappa shape index (κ2) is 3.71. The molecule has 2 aromatic rings. The van der Waals surface area contributed by atoms with Crippen LogP contribution in [0, 0.1) is 0 Å². The first kappa shape index (κ1) is 10.3. The van der Waals surface area contributed by atoms with Crippen LogP contribution in [0.3, 0.4) is 0 Å². The van der Waals surface area contributed by atoms with Crippen LogP contribution in [-0.2, 0) is 0 Å². The molecule has 0 radical (unpaired) electrons. The van der Waals surface area contributed by atoms with Gasteiger partial charge in [-0.2, -0.15) is 0 Å². The summed E-state index contributed by atoms with van der Waals surface area (Å²) in [6.07, 6.45) is 0. The monoisotopic (exact) mass is 205 g/mol. The largest absolute Gasteiger partial charge is 0.505 e. The second-order valence-corrected chi connectivity index (χ2v) is 3.28. The lowest BCUT2D eigenvalue weighted by Crippen LogP contribution is -2.33. The van der Waals surface area contributed by atoms with E-state index in [1.54, 1.807) is 24.3 Å². The van der Waals surface area contributed by atoms with Crippen LogP contribution in [0.5, 0.6) is 0 Å². The third-order valence-corrected chi connectivity index (χ3v) is 2.27. The Morgan fingerprint density at radius 2 is 1.73 bits per heavy atom. The third kappa shape index (κ3) is 1.78. The van der Waals surface area contributed by atoms with Crippen molar-refractivity contribution in [2.75, 3.05) is 0 Å². The molecule has 0 aliphatic rings. The van der Waals surface area contributed by atoms with Crippen molar-refractivity contribution in [3.63, 3.8) is 0 Å². The fourth-order valence-electron chi connectivity index (χ4n) is 1.56. The summed E-state index contributed by atoms with van der Waals surface area (Å²) < 4.78 is 0. The van der Waals surface area contributed by atoms with Crippen LogP contribution >= 0.6 is 0 Å². The molecule has 1 aromatic heterocycles. The minimum absolute atomic E-state index is 0.220. The number of para-hydroxylation sites is 1. The van der Waals surface area contributed by atoms with Crippen LogP contribution in [0.15, 0.2) is 24.3 Å². The van der Waals surface area contributed by atoms with Crippen LogP contribution in [0.4, 0.5) is 0 Å². The van der Waals surface area contributed by atoms with Gasteiger partial charge in [-0.25, -0.2) is 0 Å². The lowest BCUT2D eigenvalue weighted by Gasteiger charge is -2.00. The van der Waals surface area contributed by atoms with E-state index in [1.165, 1.54) is 0 Å². The molecule has 0 atom stereocenters. The third-order valence-electron chi connectivity index (χ3n) is 2.27. The number of hydrogen-bond acceptors (Lipinski definition) is 4. The average Bonchev–Trinajstić information content (AvgIpc) is 2.60. The molecule has 0 fully saturated rings. The zero-order valence-corrected chi connectivity index (χ0v) is 7.75. The lowest BCUT2D eigenvalue weighted by molar-refractivity contribution is 0.423. The van der Waals surface area contributed by atoms with Crippen LogP contribution in [-0.4, -0.2) is 39.3 Å². The first-order valence-electron chi connectivity index (χ1n) is 4.43. The van der Waals surface area contributed by atoms with Crippen LogP contribution < -0.4 is 11.1 Å². The van der Waals surface area contributed by atoms with Gasteiger partial charge in [0.2, 0.25) is 0 Å². The summed E-state index contributed by atoms with van der Waals surface area (Å²) in [6, 6.07) is 6.50. The number of rotatable bonds is 2. The Hall–Kier alpha value is -1.27. The highest BCUT2D eigenvalue weighted by atomic mass is 16.4. The van der Waals surface area contributed by atoms with E-state index in [0.29, 0.717) is 16.4 Å². The maximum atomic E-state index is 9.08. The smallest absolute Gasteiger partial charge is 0.423 e. The minimum atomic E-state index is -1.60. The summed E-state index contributed by atoms with van der Waals surface area (Å²) in [6.45, 7) is 0. The van der Waals surface area contributed by atoms with Gasteiger partial charge in [-0.3, -0.25) is 0 Å². The highest BCUT2D eigenvalue weighted by molar-refractivity contribution is 6.62. The minimum Gasteiger partial charge on any atom is -0.423 e. The number of fused-ring (bicyclic) bond motifs is 1. The molecule has 2 rings (SSSR count). The van der Waals surface area contributed by atoms with Gasteiger partial charge < -0.3 is 25.1 Å². The molecule has 0 saturated carbocycles. The van der Waals surface area contributed by atoms with Gasteiger partial charge in [-0.1, -0.05) is 18.2 Å². The number of benzene rings is 1. The molecule has 0 amide bonds. The zero-order valence-electron chi connectivity index (χ0n) is 7.75. The van der Waals surface area contributed by atoms with Gasteiger partial charge in [-0.15, -0.1) is 0 Å². The molecule has 0 unspecified atom stereocenters. The fraction of sp³-hybridized carbons (Fsp3) is 0. The van der Waals surface area contributed by atoms with E-state index in [2.05, 4.69) is 4.98 Å². The van der Waals surface area contributed by atoms with Gasteiger partial charge in [0.05, 0.1) is 0 Å². The van der Waals surface area contributed by atoms with Crippen molar-refractivity contribution in [1.82, 2.24) is 4.98 Å². The molecule has 5 nitrogen and oxygen atoms in total. The Bertz CT molecular complexity index is 482. The summed E-state index contributed by atoms with van der Waals surface area (Å²) in [4.78, 5) is 2.72. The Labute approximate surface area is 86.3 Å². The summed E-state index contributed by atoms with van der Waals surface area (Å²) in [7, 11) is -3.18. The SMILES string of the molecule is OB(O)c1cc2cccc(B(O)O)c2[nH]1. The van der Waals surface area contributed by atoms with Gasteiger partial charge in [0.1, 0.15) is 0 Å². The predicted octanol–water partition coefficient (Wildman–Crippen LogP) is -2.47. The molecule has 0 aliphatic carbocycles. The highest BCUT2D eigenvalue weighted by Gasteiger charge is 2.19. The molecule has 76 valence electrons. The fourth-order valence-corrected chi connectivity index (χ4v) is 1.56. The predicted molar refractivity (Wildman–Crippen MR) is 57.9 cm³/mol. The Morgan fingerprint density at radius 1 is 1.00 bits per heavy atom. The quantitative estimate of drug-likeness (QED) is 0.351. The van der Waals surface area contributed by atoms with Crippen molar-refractivity contribution in [2.24, 2.45) is 0 Å². The average molecular weight is 205 g/mol. The molecule has 5 N–H and O–H groups in total. The van der Waals surface area contributed by atoms with Crippen molar-refractivity contribution in [3.8, 4) is 0 Å². The number of nitrogens with one attached hydrogen (secondary N) is 1. The lowest BCUT2D eigenvalue weighted by atomic mass is 9.79. The van der Waals surface area contributed by atoms with Crippen LogP contribution in [0.1, 0.15) is 0 Å². The van der Waals surface area contributed by atoms with E-state index < -0.39 is 14.2 Å². The number of aromatic amines is 1. The topological polar surface area (TPSA) is 96.7 Å². The molecular weight excluding hydrogens is 196 g/mol. The molecule has 0 aliphatic heterocycles. The van der Waals surface area contributed by atoms with Gasteiger partial charge in [-0.05, 0) is 11.5 Å². The van der Waals surface area contributed by atoms with E-state index in [4.69, 9.17) is 20.1 Å². The summed E-state index contributed by atoms with van der Waals surface area (Å²) in [5.74, 6) is 0. The molecule has 15 heavy (non-hydrogen) atoms. The first-order chi connectivity index (χ1) is 7.09. The van der Waals surface area contributed by atoms with E-state index in [-0.39, 0.29) is 5.59 Å². The Morgan fingerprint density at radius 3 is 2.33 bits per heavy atom. The second-order valence-electron chi connectivity index (χ2n) is 3.28. The van der Waals surface area contributed by atoms with Gasteiger partial charge in [0.15, 0.2) is 0 Å². The maximum Gasteiger partial charge on any atom is 0.505 e. The zero-order chi connectivity index (χ0) is 11.0. The number of hydrogen-bond donors (Lipinski definition) is 5. The van der Waals surface area contributed by atoms with Crippen molar-refractivity contribution in [2.45, 2.75) is 0 Å². The van der Waals surface area contributed by atoms with Gasteiger partial charge >= 0.3 is 14.2 Å².